The number of ether oxygens (including phenoxy) is 1. The average Bonchev–Trinajstić information content (AvgIpc) is 3.42. The lowest BCUT2D eigenvalue weighted by Gasteiger charge is -2.39. The summed E-state index contributed by atoms with van der Waals surface area (Å²) in [5, 5.41) is 1.14. The summed E-state index contributed by atoms with van der Waals surface area (Å²) in [6.07, 6.45) is 4.35. The molecule has 0 fully saturated rings. The highest BCUT2D eigenvalue weighted by molar-refractivity contribution is 6.74. The van der Waals surface area contributed by atoms with Crippen LogP contribution in [0.3, 0.4) is 0 Å². The van der Waals surface area contributed by atoms with E-state index in [1.807, 2.05) is 64.5 Å². The van der Waals surface area contributed by atoms with Gasteiger partial charge in [-0.05, 0) is 105 Å². The molecule has 0 aliphatic carbocycles. The standard InChI is InChI=1S/C39H52N4O4Si/c1-25-18-30(19-29-16-17-43(24-34(25)29)37(45)46-38(3,4)5)31-20-32-33(22-41-35(32)40-21-31)27-12-14-28(15-13-27)36(44)42(9)23-26(2)47-48(10,11)39(6,7)8/h12-15,18-22,26H,16-17,23-24H2,1-11H3,(H,40,41)/t26-/m0/s1. The molecule has 4 aromatic rings. The minimum atomic E-state index is -1.92. The van der Waals surface area contributed by atoms with Crippen molar-refractivity contribution in [3.63, 3.8) is 0 Å². The maximum absolute atomic E-state index is 13.3. The first-order valence-electron chi connectivity index (χ1n) is 16.9. The van der Waals surface area contributed by atoms with Gasteiger partial charge in [-0.1, -0.05) is 45.0 Å². The van der Waals surface area contributed by atoms with Gasteiger partial charge in [-0.15, -0.1) is 0 Å². The van der Waals surface area contributed by atoms with Crippen molar-refractivity contribution in [3.8, 4) is 22.3 Å². The van der Waals surface area contributed by atoms with Gasteiger partial charge in [0.05, 0.1) is 6.10 Å². The summed E-state index contributed by atoms with van der Waals surface area (Å²) in [5.74, 6) is -0.0212. The van der Waals surface area contributed by atoms with Gasteiger partial charge in [-0.2, -0.15) is 0 Å². The van der Waals surface area contributed by atoms with Crippen LogP contribution in [0.5, 0.6) is 0 Å². The van der Waals surface area contributed by atoms with Gasteiger partial charge < -0.3 is 23.9 Å². The fourth-order valence-corrected chi connectivity index (χ4v) is 7.55. The molecular weight excluding hydrogens is 617 g/mol. The number of amides is 2. The summed E-state index contributed by atoms with van der Waals surface area (Å²) in [6.45, 7) is 22.7. The first-order chi connectivity index (χ1) is 22.3. The highest BCUT2D eigenvalue weighted by Gasteiger charge is 2.38. The van der Waals surface area contributed by atoms with Crippen LogP contribution in [0.15, 0.2) is 54.9 Å². The Balaban J connectivity index is 1.32. The molecule has 256 valence electrons. The van der Waals surface area contributed by atoms with E-state index in [-0.39, 0.29) is 23.1 Å². The first-order valence-corrected chi connectivity index (χ1v) is 19.9. The molecule has 2 aromatic heterocycles. The van der Waals surface area contributed by atoms with Crippen molar-refractivity contribution in [3.05, 3.63) is 77.1 Å². The van der Waals surface area contributed by atoms with Crippen LogP contribution in [-0.2, 0) is 22.1 Å². The predicted octanol–water partition coefficient (Wildman–Crippen LogP) is 8.98. The SMILES string of the molecule is Cc1cc(-c2cnc3[nH]cc(-c4ccc(C(=O)N(C)C[C@H](C)O[Si](C)(C)C(C)(C)C)cc4)c3c2)cc2c1CN(C(=O)OC(C)(C)C)CC2. The Morgan fingerprint density at radius 3 is 2.35 bits per heavy atom. The zero-order chi connectivity index (χ0) is 35.2. The molecule has 0 radical (unpaired) electrons. The maximum atomic E-state index is 13.3. The number of aryl methyl sites for hydroxylation is 1. The largest absolute Gasteiger partial charge is 0.444 e. The fraction of sp³-hybridized carbons (Fsp3) is 0.462. The molecule has 0 saturated heterocycles. The van der Waals surface area contributed by atoms with Gasteiger partial charge in [0.15, 0.2) is 8.32 Å². The van der Waals surface area contributed by atoms with E-state index in [9.17, 15) is 9.59 Å². The second-order valence-corrected chi connectivity index (χ2v) is 20.6. The topological polar surface area (TPSA) is 87.8 Å². The van der Waals surface area contributed by atoms with Crippen LogP contribution < -0.4 is 0 Å². The zero-order valence-corrected chi connectivity index (χ0v) is 31.6. The Kier molecular flexibility index (Phi) is 9.69. The second kappa shape index (κ2) is 13.2. The van der Waals surface area contributed by atoms with Crippen molar-refractivity contribution in [1.29, 1.82) is 0 Å². The molecule has 1 aliphatic rings. The molecule has 1 atom stereocenters. The maximum Gasteiger partial charge on any atom is 0.410 e. The molecule has 1 N–H and O–H groups in total. The van der Waals surface area contributed by atoms with Crippen LogP contribution in [0.1, 0.15) is 75.5 Å². The molecule has 0 saturated carbocycles. The van der Waals surface area contributed by atoms with Gasteiger partial charge in [0.25, 0.3) is 5.91 Å². The average molecular weight is 669 g/mol. The van der Waals surface area contributed by atoms with Gasteiger partial charge in [-0.25, -0.2) is 9.78 Å². The van der Waals surface area contributed by atoms with Crippen LogP contribution >= 0.6 is 0 Å². The van der Waals surface area contributed by atoms with Gasteiger partial charge in [0.2, 0.25) is 0 Å². The Bertz CT molecular complexity index is 1810. The molecule has 2 aromatic carbocycles. The van der Waals surface area contributed by atoms with E-state index in [1.165, 1.54) is 11.1 Å². The number of rotatable bonds is 7. The molecule has 8 nitrogen and oxygen atoms in total. The zero-order valence-electron chi connectivity index (χ0n) is 30.6. The number of nitrogens with one attached hydrogen (secondary N) is 1. The lowest BCUT2D eigenvalue weighted by Crippen LogP contribution is -2.46. The number of H-pyrrole nitrogens is 1. The van der Waals surface area contributed by atoms with E-state index >= 15 is 0 Å². The third-order valence-electron chi connectivity index (χ3n) is 9.70. The minimum absolute atomic E-state index is 0.0212. The van der Waals surface area contributed by atoms with Crippen LogP contribution in [0, 0.1) is 6.92 Å². The van der Waals surface area contributed by atoms with E-state index in [4.69, 9.17) is 14.1 Å². The number of carbonyl (C=O) groups is 2. The van der Waals surface area contributed by atoms with Crippen molar-refractivity contribution in [2.75, 3.05) is 20.1 Å². The summed E-state index contributed by atoms with van der Waals surface area (Å²) in [6, 6.07) is 14.4. The van der Waals surface area contributed by atoms with E-state index in [2.05, 4.69) is 70.9 Å². The van der Waals surface area contributed by atoms with E-state index < -0.39 is 13.9 Å². The number of aromatic nitrogens is 2. The summed E-state index contributed by atoms with van der Waals surface area (Å²) < 4.78 is 12.1. The first kappa shape index (κ1) is 35.4. The van der Waals surface area contributed by atoms with Gasteiger partial charge in [-0.3, -0.25) is 4.79 Å². The van der Waals surface area contributed by atoms with Crippen molar-refractivity contribution < 1.29 is 18.8 Å². The number of benzene rings is 2. The molecule has 0 bridgehead atoms. The minimum Gasteiger partial charge on any atom is -0.444 e. The Labute approximate surface area is 287 Å². The highest BCUT2D eigenvalue weighted by Crippen LogP contribution is 2.38. The number of likely N-dealkylation sites (N-methyl/N-ethyl adjacent to an activating group) is 1. The summed E-state index contributed by atoms with van der Waals surface area (Å²) in [7, 11) is -0.0801. The van der Waals surface area contributed by atoms with Gasteiger partial charge in [0.1, 0.15) is 11.2 Å². The van der Waals surface area contributed by atoms with Crippen LogP contribution in [0.25, 0.3) is 33.3 Å². The quantitative estimate of drug-likeness (QED) is 0.199. The molecule has 48 heavy (non-hydrogen) atoms. The van der Waals surface area contributed by atoms with Crippen molar-refractivity contribution >= 4 is 31.4 Å². The molecule has 5 rings (SSSR count). The monoisotopic (exact) mass is 668 g/mol. The molecule has 0 unspecified atom stereocenters. The molecule has 1 aliphatic heterocycles. The van der Waals surface area contributed by atoms with Crippen LogP contribution in [0.4, 0.5) is 4.79 Å². The Hall–Kier alpha value is -3.95. The highest BCUT2D eigenvalue weighted by atomic mass is 28.4. The van der Waals surface area contributed by atoms with Crippen molar-refractivity contribution in [1.82, 2.24) is 19.8 Å². The number of nitrogens with zero attached hydrogens (tertiary/aromatic N) is 3. The normalized spacial score (nSPS) is 14.5. The van der Waals surface area contributed by atoms with Gasteiger partial charge in [0, 0.05) is 61.2 Å². The van der Waals surface area contributed by atoms with Crippen LogP contribution in [0.2, 0.25) is 18.1 Å². The number of hydrogen-bond donors (Lipinski definition) is 1. The summed E-state index contributed by atoms with van der Waals surface area (Å²) in [4.78, 5) is 37.7. The molecule has 0 spiro atoms. The predicted molar refractivity (Wildman–Crippen MR) is 197 cm³/mol. The number of fused-ring (bicyclic) bond motifs is 2. The Morgan fingerprint density at radius 2 is 1.71 bits per heavy atom. The second-order valence-electron chi connectivity index (χ2n) is 15.9. The molecule has 2 amide bonds. The number of hydrogen-bond acceptors (Lipinski definition) is 5. The number of carbonyl (C=O) groups excluding carboxylic acids is 2. The smallest absolute Gasteiger partial charge is 0.410 e. The summed E-state index contributed by atoms with van der Waals surface area (Å²) in [5.41, 5.74) is 8.71. The number of aromatic amines is 1. The van der Waals surface area contributed by atoms with E-state index in [0.29, 0.717) is 25.2 Å². The van der Waals surface area contributed by atoms with Crippen LogP contribution in [-0.4, -0.2) is 71.9 Å². The Morgan fingerprint density at radius 1 is 1.02 bits per heavy atom. The summed E-state index contributed by atoms with van der Waals surface area (Å²) >= 11 is 0. The van der Waals surface area contributed by atoms with Gasteiger partial charge >= 0.3 is 6.09 Å². The third kappa shape index (κ3) is 7.68. The van der Waals surface area contributed by atoms with E-state index in [1.54, 1.807) is 9.80 Å². The molecule has 9 heteroatoms. The van der Waals surface area contributed by atoms with E-state index in [0.717, 1.165) is 45.3 Å². The van der Waals surface area contributed by atoms with Crippen molar-refractivity contribution in [2.45, 2.75) is 98.2 Å². The fourth-order valence-electron chi connectivity index (χ4n) is 6.11. The molecule has 3 heterocycles. The number of pyridine rings is 1. The molecular formula is C39H52N4O4Si. The third-order valence-corrected chi connectivity index (χ3v) is 14.3. The lowest BCUT2D eigenvalue weighted by molar-refractivity contribution is 0.0223. The lowest BCUT2D eigenvalue weighted by atomic mass is 9.91. The van der Waals surface area contributed by atoms with Crippen molar-refractivity contribution in [2.24, 2.45) is 0 Å².